The van der Waals surface area contributed by atoms with Crippen molar-refractivity contribution < 1.29 is 14.1 Å². The van der Waals surface area contributed by atoms with Gasteiger partial charge in [-0.15, -0.1) is 0 Å². The van der Waals surface area contributed by atoms with Gasteiger partial charge in [-0.1, -0.05) is 50.2 Å². The van der Waals surface area contributed by atoms with Gasteiger partial charge in [0.2, 0.25) is 0 Å². The van der Waals surface area contributed by atoms with Crippen molar-refractivity contribution in [3.8, 4) is 5.75 Å². The van der Waals surface area contributed by atoms with E-state index in [0.717, 1.165) is 30.0 Å². The number of fused-ring (bicyclic) bond motifs is 1. The second-order valence-electron chi connectivity index (χ2n) is 6.65. The first-order valence-electron chi connectivity index (χ1n) is 8.63. The first-order chi connectivity index (χ1) is 12.0. The van der Waals surface area contributed by atoms with E-state index in [2.05, 4.69) is 5.09 Å². The van der Waals surface area contributed by atoms with Gasteiger partial charge in [0.1, 0.15) is 17.9 Å². The van der Waals surface area contributed by atoms with Crippen LogP contribution in [-0.2, 0) is 9.53 Å². The molecule has 1 saturated carbocycles. The molecule has 2 unspecified atom stereocenters. The predicted octanol–water partition coefficient (Wildman–Crippen LogP) is 5.39. The van der Waals surface area contributed by atoms with Gasteiger partial charge in [0.15, 0.2) is 0 Å². The Balaban J connectivity index is 1.66. The van der Waals surface area contributed by atoms with Gasteiger partial charge in [-0.05, 0) is 47.9 Å². The maximum atomic E-state index is 12.4. The molecule has 1 aliphatic rings. The number of rotatable bonds is 7. The van der Waals surface area contributed by atoms with Crippen molar-refractivity contribution in [2.45, 2.75) is 45.3 Å². The van der Waals surface area contributed by atoms with Crippen LogP contribution >= 0.6 is 18.9 Å². The van der Waals surface area contributed by atoms with E-state index in [1.54, 1.807) is 0 Å². The van der Waals surface area contributed by atoms with Crippen molar-refractivity contribution >= 4 is 35.6 Å². The zero-order chi connectivity index (χ0) is 17.8. The smallest absolute Gasteiger partial charge is 0.324 e. The molecule has 1 aliphatic carbocycles. The minimum absolute atomic E-state index is 0.0624. The van der Waals surface area contributed by atoms with Crippen LogP contribution < -0.4 is 9.61 Å². The molecule has 0 saturated heterocycles. The van der Waals surface area contributed by atoms with E-state index >= 15 is 0 Å². The maximum Gasteiger partial charge on any atom is 0.324 e. The van der Waals surface area contributed by atoms with Gasteiger partial charge in [-0.25, -0.2) is 5.09 Å². The van der Waals surface area contributed by atoms with Gasteiger partial charge in [-0.2, -0.15) is 0 Å². The molecule has 0 aliphatic heterocycles. The van der Waals surface area contributed by atoms with E-state index in [9.17, 15) is 4.79 Å². The monoisotopic (exact) mass is 379 g/mol. The number of nitrogens with one attached hydrogen (secondary N) is 1. The summed E-state index contributed by atoms with van der Waals surface area (Å²) in [6, 6.07) is 13.3. The van der Waals surface area contributed by atoms with Crippen LogP contribution in [-0.4, -0.2) is 18.1 Å². The quantitative estimate of drug-likeness (QED) is 0.517. The van der Waals surface area contributed by atoms with Crippen molar-refractivity contribution in [2.24, 2.45) is 5.92 Å². The van der Waals surface area contributed by atoms with Crippen molar-refractivity contribution in [2.75, 3.05) is 0 Å². The molecule has 4 nitrogen and oxygen atoms in total. The molecule has 0 aromatic heterocycles. The minimum Gasteiger partial charge on any atom is -0.461 e. The van der Waals surface area contributed by atoms with Gasteiger partial charge in [-0.3, -0.25) is 4.79 Å². The summed E-state index contributed by atoms with van der Waals surface area (Å²) in [6.45, 7) is 3.94. The molecule has 1 fully saturated rings. The van der Waals surface area contributed by atoms with E-state index in [-0.39, 0.29) is 18.0 Å². The fourth-order valence-electron chi connectivity index (χ4n) is 2.70. The summed E-state index contributed by atoms with van der Waals surface area (Å²) in [7, 11) is -1.52. The lowest BCUT2D eigenvalue weighted by atomic mass is 9.96. The number of ether oxygens (including phenoxy) is 1. The average Bonchev–Trinajstić information content (AvgIpc) is 2.56. The Morgan fingerprint density at radius 3 is 2.60 bits per heavy atom. The maximum absolute atomic E-state index is 12.4. The zero-order valence-electron chi connectivity index (χ0n) is 14.4. The highest BCUT2D eigenvalue weighted by molar-refractivity contribution is 7.78. The zero-order valence-corrected chi connectivity index (χ0v) is 16.1. The summed E-state index contributed by atoms with van der Waals surface area (Å²) in [4.78, 5) is 12.4. The molecule has 2 aromatic rings. The molecule has 2 atom stereocenters. The van der Waals surface area contributed by atoms with E-state index in [1.807, 2.05) is 56.3 Å². The second kappa shape index (κ2) is 8.35. The van der Waals surface area contributed by atoms with Crippen molar-refractivity contribution in [1.82, 2.24) is 5.09 Å². The van der Waals surface area contributed by atoms with Gasteiger partial charge >= 0.3 is 5.97 Å². The SMILES string of the molecule is CC(C)C(NP(Cl)Oc1cccc2ccccc12)C(=O)OC1CCC1. The summed E-state index contributed by atoms with van der Waals surface area (Å²) >= 11 is 6.41. The Labute approximate surface area is 154 Å². The molecule has 2 aromatic carbocycles. The molecular formula is C19H23ClNO3P. The normalized spacial score (nSPS) is 17.1. The standard InChI is InChI=1S/C19H23ClNO3P/c1-13(2)18(19(22)23-15-9-6-10-15)21-25(20)24-17-12-5-8-14-7-3-4-11-16(14)17/h3-5,7-8,11-13,15,18,21H,6,9-10H2,1-2H3. The number of esters is 1. The van der Waals surface area contributed by atoms with E-state index in [0.29, 0.717) is 5.75 Å². The van der Waals surface area contributed by atoms with E-state index < -0.39 is 13.7 Å². The number of hydrogen-bond acceptors (Lipinski definition) is 4. The second-order valence-corrected chi connectivity index (χ2v) is 8.51. The Kier molecular flexibility index (Phi) is 6.16. The van der Waals surface area contributed by atoms with E-state index in [1.165, 1.54) is 0 Å². The van der Waals surface area contributed by atoms with Crippen LogP contribution in [0.1, 0.15) is 33.1 Å². The lowest BCUT2D eigenvalue weighted by Crippen LogP contribution is -2.42. The van der Waals surface area contributed by atoms with Crippen molar-refractivity contribution in [1.29, 1.82) is 0 Å². The molecular weight excluding hydrogens is 357 g/mol. The van der Waals surface area contributed by atoms with Gasteiger partial charge in [0, 0.05) is 5.39 Å². The molecule has 0 radical (unpaired) electrons. The largest absolute Gasteiger partial charge is 0.461 e. The number of hydrogen-bond donors (Lipinski definition) is 1. The molecule has 6 heteroatoms. The van der Waals surface area contributed by atoms with Crippen LogP contribution in [0.15, 0.2) is 42.5 Å². The van der Waals surface area contributed by atoms with Crippen LogP contribution in [0, 0.1) is 5.92 Å². The third kappa shape index (κ3) is 4.63. The van der Waals surface area contributed by atoms with E-state index in [4.69, 9.17) is 20.5 Å². The molecule has 0 spiro atoms. The van der Waals surface area contributed by atoms with Crippen LogP contribution in [0.2, 0.25) is 0 Å². The number of carbonyl (C=O) groups is 1. The van der Waals surface area contributed by atoms with Crippen molar-refractivity contribution in [3.05, 3.63) is 42.5 Å². The molecule has 25 heavy (non-hydrogen) atoms. The molecule has 3 rings (SSSR count). The molecule has 0 heterocycles. The Bertz CT molecular complexity index is 730. The van der Waals surface area contributed by atoms with Crippen LogP contribution in [0.3, 0.4) is 0 Å². The van der Waals surface area contributed by atoms with Gasteiger partial charge < -0.3 is 9.26 Å². The highest BCUT2D eigenvalue weighted by atomic mass is 35.7. The summed E-state index contributed by atoms with van der Waals surface area (Å²) in [5, 5.41) is 5.20. The first kappa shape index (κ1) is 18.4. The van der Waals surface area contributed by atoms with Crippen molar-refractivity contribution in [3.63, 3.8) is 0 Å². The molecule has 0 bridgehead atoms. The topological polar surface area (TPSA) is 47.6 Å². The summed E-state index contributed by atoms with van der Waals surface area (Å²) in [5.74, 6) is 0.531. The fourth-order valence-corrected chi connectivity index (χ4v) is 4.24. The average molecular weight is 380 g/mol. The Morgan fingerprint density at radius 1 is 1.20 bits per heavy atom. The minimum atomic E-state index is -1.52. The fraction of sp³-hybridized carbons (Fsp3) is 0.421. The lowest BCUT2D eigenvalue weighted by Gasteiger charge is -2.29. The summed E-state index contributed by atoms with van der Waals surface area (Å²) in [5.41, 5.74) is 0. The first-order valence-corrected chi connectivity index (χ1v) is 10.8. The molecule has 0 amide bonds. The molecule has 134 valence electrons. The third-order valence-electron chi connectivity index (χ3n) is 4.42. The number of benzene rings is 2. The number of halogens is 1. The lowest BCUT2D eigenvalue weighted by molar-refractivity contribution is -0.156. The third-order valence-corrected chi connectivity index (χ3v) is 5.76. The van der Waals surface area contributed by atoms with Crippen LogP contribution in [0.4, 0.5) is 0 Å². The Morgan fingerprint density at radius 2 is 1.92 bits per heavy atom. The summed E-state index contributed by atoms with van der Waals surface area (Å²) < 4.78 is 11.4. The van der Waals surface area contributed by atoms with Gasteiger partial charge in [0.05, 0.1) is 0 Å². The molecule has 1 N–H and O–H groups in total. The van der Waals surface area contributed by atoms with Gasteiger partial charge in [0.25, 0.3) is 7.65 Å². The number of carbonyl (C=O) groups excluding carboxylic acids is 1. The van der Waals surface area contributed by atoms with Crippen LogP contribution in [0.25, 0.3) is 10.8 Å². The predicted molar refractivity (Wildman–Crippen MR) is 103 cm³/mol. The highest BCUT2D eigenvalue weighted by Crippen LogP contribution is 2.42. The van der Waals surface area contributed by atoms with Crippen LogP contribution in [0.5, 0.6) is 5.75 Å². The highest BCUT2D eigenvalue weighted by Gasteiger charge is 2.31. The summed E-state index contributed by atoms with van der Waals surface area (Å²) in [6.07, 6.45) is 3.11. The Hall–Kier alpha value is -1.35.